The third-order valence-electron chi connectivity index (χ3n) is 3.56. The maximum Gasteiger partial charge on any atom is 0.340 e. The zero-order valence-electron chi connectivity index (χ0n) is 12.7. The van der Waals surface area contributed by atoms with Crippen LogP contribution in [-0.4, -0.2) is 43.9 Å². The molecule has 2 heterocycles. The molecule has 1 atom stereocenters. The standard InChI is InChI=1S/C15H23N3O3/c1-3-20-15(19)12-8-14(17-9-13(12)16)18(2)10-11-6-4-5-7-21-11/h8-9,11H,3-7,10,16H2,1-2H3. The Morgan fingerprint density at radius 2 is 2.38 bits per heavy atom. The summed E-state index contributed by atoms with van der Waals surface area (Å²) in [5.41, 5.74) is 6.49. The number of carbonyl (C=O) groups is 1. The van der Waals surface area contributed by atoms with Crippen LogP contribution in [0.5, 0.6) is 0 Å². The second-order valence-corrected chi connectivity index (χ2v) is 5.22. The molecule has 21 heavy (non-hydrogen) atoms. The molecule has 1 aromatic rings. The first-order chi connectivity index (χ1) is 10.1. The predicted molar refractivity (Wildman–Crippen MR) is 81.5 cm³/mol. The second kappa shape index (κ2) is 7.26. The van der Waals surface area contributed by atoms with E-state index in [9.17, 15) is 4.79 Å². The molecule has 1 fully saturated rings. The number of nitrogen functional groups attached to an aromatic ring is 1. The third kappa shape index (κ3) is 4.07. The van der Waals surface area contributed by atoms with Crippen LogP contribution in [0.2, 0.25) is 0 Å². The van der Waals surface area contributed by atoms with Crippen molar-refractivity contribution in [2.24, 2.45) is 0 Å². The molecule has 0 radical (unpaired) electrons. The van der Waals surface area contributed by atoms with Gasteiger partial charge in [0.15, 0.2) is 0 Å². The summed E-state index contributed by atoms with van der Waals surface area (Å²) >= 11 is 0. The van der Waals surface area contributed by atoms with Crippen molar-refractivity contribution < 1.29 is 14.3 Å². The van der Waals surface area contributed by atoms with Crippen LogP contribution in [0.3, 0.4) is 0 Å². The van der Waals surface area contributed by atoms with Crippen LogP contribution in [0.25, 0.3) is 0 Å². The van der Waals surface area contributed by atoms with Gasteiger partial charge in [-0.2, -0.15) is 0 Å². The highest BCUT2D eigenvalue weighted by atomic mass is 16.5. The topological polar surface area (TPSA) is 77.7 Å². The number of nitrogens with zero attached hydrogens (tertiary/aromatic N) is 2. The first kappa shape index (κ1) is 15.6. The molecule has 1 aliphatic heterocycles. The summed E-state index contributed by atoms with van der Waals surface area (Å²) in [4.78, 5) is 18.1. The molecule has 0 spiro atoms. The molecule has 1 unspecified atom stereocenters. The van der Waals surface area contributed by atoms with Crippen LogP contribution in [0, 0.1) is 0 Å². The quantitative estimate of drug-likeness (QED) is 0.835. The highest BCUT2D eigenvalue weighted by molar-refractivity contribution is 5.95. The first-order valence-electron chi connectivity index (χ1n) is 7.37. The number of hydrogen-bond acceptors (Lipinski definition) is 6. The molecule has 2 N–H and O–H groups in total. The molecule has 0 amide bonds. The van der Waals surface area contributed by atoms with Crippen LogP contribution in [0.4, 0.5) is 11.5 Å². The normalized spacial score (nSPS) is 18.3. The molecule has 0 bridgehead atoms. The van der Waals surface area contributed by atoms with Gasteiger partial charge >= 0.3 is 5.97 Å². The van der Waals surface area contributed by atoms with Gasteiger partial charge in [0.2, 0.25) is 0 Å². The maximum atomic E-state index is 11.9. The first-order valence-corrected chi connectivity index (χ1v) is 7.37. The lowest BCUT2D eigenvalue weighted by Gasteiger charge is -2.28. The van der Waals surface area contributed by atoms with Crippen LogP contribution in [0.1, 0.15) is 36.5 Å². The molecule has 0 aromatic carbocycles. The Morgan fingerprint density at radius 3 is 3.05 bits per heavy atom. The van der Waals surface area contributed by atoms with Crippen molar-refractivity contribution in [2.75, 3.05) is 37.4 Å². The summed E-state index contributed by atoms with van der Waals surface area (Å²) in [6, 6.07) is 1.68. The molecule has 1 saturated heterocycles. The van der Waals surface area contributed by atoms with E-state index in [1.54, 1.807) is 13.0 Å². The van der Waals surface area contributed by atoms with Crippen LogP contribution >= 0.6 is 0 Å². The second-order valence-electron chi connectivity index (χ2n) is 5.22. The Morgan fingerprint density at radius 1 is 1.57 bits per heavy atom. The fourth-order valence-electron chi connectivity index (χ4n) is 2.40. The van der Waals surface area contributed by atoms with Crippen molar-refractivity contribution >= 4 is 17.5 Å². The zero-order chi connectivity index (χ0) is 15.2. The van der Waals surface area contributed by atoms with Gasteiger partial charge in [0.05, 0.1) is 30.2 Å². The van der Waals surface area contributed by atoms with Crippen molar-refractivity contribution in [3.05, 3.63) is 17.8 Å². The lowest BCUT2D eigenvalue weighted by molar-refractivity contribution is 0.0215. The molecular formula is C15H23N3O3. The van der Waals surface area contributed by atoms with E-state index < -0.39 is 5.97 Å². The number of hydrogen-bond donors (Lipinski definition) is 1. The van der Waals surface area contributed by atoms with Gasteiger partial charge in [-0.05, 0) is 32.3 Å². The van der Waals surface area contributed by atoms with E-state index >= 15 is 0 Å². The summed E-state index contributed by atoms with van der Waals surface area (Å²) in [6.07, 6.45) is 5.10. The Hall–Kier alpha value is -1.82. The lowest BCUT2D eigenvalue weighted by Crippen LogP contribution is -2.33. The Balaban J connectivity index is 2.08. The lowest BCUT2D eigenvalue weighted by atomic mass is 10.1. The van der Waals surface area contributed by atoms with Crippen molar-refractivity contribution in [1.29, 1.82) is 0 Å². The van der Waals surface area contributed by atoms with Gasteiger partial charge in [-0.1, -0.05) is 0 Å². The number of nitrogens with two attached hydrogens (primary N) is 1. The summed E-state index contributed by atoms with van der Waals surface area (Å²) in [7, 11) is 1.94. The molecule has 1 aliphatic rings. The number of likely N-dealkylation sites (N-methyl/N-ethyl adjacent to an activating group) is 1. The number of esters is 1. The smallest absolute Gasteiger partial charge is 0.340 e. The largest absolute Gasteiger partial charge is 0.462 e. The number of pyridine rings is 1. The van der Waals surface area contributed by atoms with Gasteiger partial charge in [0.25, 0.3) is 0 Å². The van der Waals surface area contributed by atoms with Gasteiger partial charge in [0.1, 0.15) is 5.82 Å². The van der Waals surface area contributed by atoms with Gasteiger partial charge in [-0.25, -0.2) is 9.78 Å². The number of anilines is 2. The van der Waals surface area contributed by atoms with Gasteiger partial charge in [-0.3, -0.25) is 0 Å². The zero-order valence-corrected chi connectivity index (χ0v) is 12.7. The minimum absolute atomic E-state index is 0.217. The summed E-state index contributed by atoms with van der Waals surface area (Å²) in [5, 5.41) is 0. The third-order valence-corrected chi connectivity index (χ3v) is 3.56. The Bertz CT molecular complexity index is 487. The molecule has 0 saturated carbocycles. The van der Waals surface area contributed by atoms with Crippen molar-refractivity contribution in [3.63, 3.8) is 0 Å². The molecule has 6 heteroatoms. The molecule has 2 rings (SSSR count). The van der Waals surface area contributed by atoms with E-state index in [0.717, 1.165) is 26.0 Å². The van der Waals surface area contributed by atoms with Crippen LogP contribution in [0.15, 0.2) is 12.3 Å². The molecular weight excluding hydrogens is 270 g/mol. The van der Waals surface area contributed by atoms with Crippen LogP contribution in [-0.2, 0) is 9.47 Å². The Labute approximate surface area is 125 Å². The number of carbonyl (C=O) groups excluding carboxylic acids is 1. The highest BCUT2D eigenvalue weighted by Gasteiger charge is 2.18. The van der Waals surface area contributed by atoms with E-state index in [1.165, 1.54) is 12.6 Å². The van der Waals surface area contributed by atoms with Gasteiger partial charge in [0, 0.05) is 20.2 Å². The monoisotopic (exact) mass is 293 g/mol. The fraction of sp³-hybridized carbons (Fsp3) is 0.600. The highest BCUT2D eigenvalue weighted by Crippen LogP contribution is 2.20. The number of aromatic nitrogens is 1. The minimum atomic E-state index is -0.416. The van der Waals surface area contributed by atoms with E-state index in [0.29, 0.717) is 23.7 Å². The van der Waals surface area contributed by atoms with E-state index in [4.69, 9.17) is 15.2 Å². The SMILES string of the molecule is CCOC(=O)c1cc(N(C)CC2CCCCO2)ncc1N. The van der Waals surface area contributed by atoms with Crippen molar-refractivity contribution in [2.45, 2.75) is 32.3 Å². The average molecular weight is 293 g/mol. The molecule has 1 aromatic heterocycles. The van der Waals surface area contributed by atoms with Crippen LogP contribution < -0.4 is 10.6 Å². The molecule has 0 aliphatic carbocycles. The van der Waals surface area contributed by atoms with Crippen molar-refractivity contribution in [1.82, 2.24) is 4.98 Å². The number of rotatable bonds is 5. The van der Waals surface area contributed by atoms with Gasteiger partial charge < -0.3 is 20.1 Å². The maximum absolute atomic E-state index is 11.9. The molecule has 6 nitrogen and oxygen atoms in total. The fourth-order valence-corrected chi connectivity index (χ4v) is 2.40. The van der Waals surface area contributed by atoms with E-state index in [1.807, 2.05) is 11.9 Å². The van der Waals surface area contributed by atoms with Gasteiger partial charge in [-0.15, -0.1) is 0 Å². The Kier molecular flexibility index (Phi) is 5.38. The summed E-state index contributed by atoms with van der Waals surface area (Å²) in [6.45, 7) is 3.66. The summed E-state index contributed by atoms with van der Waals surface area (Å²) < 4.78 is 10.7. The predicted octanol–water partition coefficient (Wildman–Crippen LogP) is 1.85. The van der Waals surface area contributed by atoms with Crippen molar-refractivity contribution in [3.8, 4) is 0 Å². The minimum Gasteiger partial charge on any atom is -0.462 e. The van der Waals surface area contributed by atoms with E-state index in [2.05, 4.69) is 4.98 Å². The van der Waals surface area contributed by atoms with E-state index in [-0.39, 0.29) is 6.10 Å². The molecule has 116 valence electrons. The number of ether oxygens (including phenoxy) is 2. The summed E-state index contributed by atoms with van der Waals surface area (Å²) in [5.74, 6) is 0.280. The average Bonchev–Trinajstić information content (AvgIpc) is 2.48.